The molecular formula is C16H32N2O2. The number of nitrogens with zero attached hydrogens (tertiary/aromatic N) is 1. The van der Waals surface area contributed by atoms with Crippen LogP contribution in [0.5, 0.6) is 0 Å². The maximum atomic E-state index is 9.80. The Morgan fingerprint density at radius 3 is 2.85 bits per heavy atom. The van der Waals surface area contributed by atoms with Crippen LogP contribution in [0.3, 0.4) is 0 Å². The Balaban J connectivity index is 1.94. The van der Waals surface area contributed by atoms with Gasteiger partial charge in [-0.2, -0.15) is 0 Å². The molecule has 20 heavy (non-hydrogen) atoms. The molecule has 2 fully saturated rings. The van der Waals surface area contributed by atoms with Crippen molar-refractivity contribution < 1.29 is 9.84 Å². The molecule has 1 aliphatic heterocycles. The molecule has 0 bridgehead atoms. The predicted molar refractivity (Wildman–Crippen MR) is 82.0 cm³/mol. The number of nitrogens with one attached hydrogen (secondary N) is 1. The molecule has 0 aromatic carbocycles. The molecule has 2 rings (SSSR count). The molecule has 1 heterocycles. The van der Waals surface area contributed by atoms with Crippen LogP contribution in [0.25, 0.3) is 0 Å². The molecular weight excluding hydrogens is 252 g/mol. The fourth-order valence-corrected chi connectivity index (χ4v) is 3.88. The summed E-state index contributed by atoms with van der Waals surface area (Å²) in [6.07, 6.45) is 6.86. The lowest BCUT2D eigenvalue weighted by Gasteiger charge is -2.42. The number of likely N-dealkylation sites (tertiary alicyclic amines) is 1. The van der Waals surface area contributed by atoms with E-state index in [0.717, 1.165) is 38.8 Å². The molecule has 0 amide bonds. The highest BCUT2D eigenvalue weighted by molar-refractivity contribution is 5.01. The van der Waals surface area contributed by atoms with E-state index in [1.165, 1.54) is 19.4 Å². The lowest BCUT2D eigenvalue weighted by atomic mass is 9.92. The van der Waals surface area contributed by atoms with Crippen LogP contribution in [-0.2, 0) is 4.74 Å². The van der Waals surface area contributed by atoms with E-state index in [4.69, 9.17) is 4.74 Å². The number of hydrogen-bond donors (Lipinski definition) is 2. The summed E-state index contributed by atoms with van der Waals surface area (Å²) < 4.78 is 5.70. The van der Waals surface area contributed by atoms with Gasteiger partial charge in [-0.15, -0.1) is 0 Å². The fourth-order valence-electron chi connectivity index (χ4n) is 3.88. The summed E-state index contributed by atoms with van der Waals surface area (Å²) in [5, 5.41) is 13.4. The van der Waals surface area contributed by atoms with Crippen molar-refractivity contribution >= 4 is 0 Å². The molecule has 1 saturated heterocycles. The van der Waals surface area contributed by atoms with Gasteiger partial charge in [-0.3, -0.25) is 4.90 Å². The van der Waals surface area contributed by atoms with Crippen LogP contribution in [0.15, 0.2) is 0 Å². The predicted octanol–water partition coefficient (Wildman–Crippen LogP) is 1.77. The summed E-state index contributed by atoms with van der Waals surface area (Å²) in [4.78, 5) is 2.60. The summed E-state index contributed by atoms with van der Waals surface area (Å²) in [6, 6.07) is 0.598. The maximum Gasteiger partial charge on any atom is 0.0777 e. The Morgan fingerprint density at radius 2 is 2.20 bits per heavy atom. The Kier molecular flexibility index (Phi) is 5.46. The molecule has 0 aromatic heterocycles. The highest BCUT2D eigenvalue weighted by Gasteiger charge is 2.43. The van der Waals surface area contributed by atoms with E-state index in [1.807, 2.05) is 7.11 Å². The van der Waals surface area contributed by atoms with Crippen LogP contribution in [-0.4, -0.2) is 60.5 Å². The normalized spacial score (nSPS) is 39.3. The van der Waals surface area contributed by atoms with Gasteiger partial charge in [0.15, 0.2) is 0 Å². The average Bonchev–Trinajstić information content (AvgIpc) is 2.90. The van der Waals surface area contributed by atoms with Gasteiger partial charge in [0.25, 0.3) is 0 Å². The summed E-state index contributed by atoms with van der Waals surface area (Å²) >= 11 is 0. The lowest BCUT2D eigenvalue weighted by Crippen LogP contribution is -2.52. The molecule has 1 aliphatic carbocycles. The Hall–Kier alpha value is -0.160. The lowest BCUT2D eigenvalue weighted by molar-refractivity contribution is -0.0614. The van der Waals surface area contributed by atoms with Crippen molar-refractivity contribution in [2.75, 3.05) is 33.4 Å². The van der Waals surface area contributed by atoms with Gasteiger partial charge in [-0.05, 0) is 58.5 Å². The Labute approximate surface area is 123 Å². The molecule has 4 heteroatoms. The van der Waals surface area contributed by atoms with Crippen molar-refractivity contribution in [1.29, 1.82) is 0 Å². The minimum Gasteiger partial charge on any atom is -0.394 e. The minimum atomic E-state index is -0.0401. The molecule has 0 spiro atoms. The number of hydrogen-bond acceptors (Lipinski definition) is 4. The van der Waals surface area contributed by atoms with Crippen LogP contribution in [0.1, 0.15) is 52.4 Å². The largest absolute Gasteiger partial charge is 0.394 e. The van der Waals surface area contributed by atoms with Crippen molar-refractivity contribution in [3.05, 3.63) is 0 Å². The molecule has 2 aliphatic rings. The monoisotopic (exact) mass is 284 g/mol. The number of aliphatic hydroxyl groups excluding tert-OH is 1. The first kappa shape index (κ1) is 16.2. The van der Waals surface area contributed by atoms with Crippen molar-refractivity contribution in [3.63, 3.8) is 0 Å². The molecule has 118 valence electrons. The second kappa shape index (κ2) is 6.73. The van der Waals surface area contributed by atoms with Crippen molar-refractivity contribution in [1.82, 2.24) is 10.2 Å². The third-order valence-corrected chi connectivity index (χ3v) is 5.33. The van der Waals surface area contributed by atoms with Gasteiger partial charge in [-0.25, -0.2) is 0 Å². The molecule has 4 nitrogen and oxygen atoms in total. The topological polar surface area (TPSA) is 44.7 Å². The van der Waals surface area contributed by atoms with Crippen LogP contribution >= 0.6 is 0 Å². The second-order valence-corrected chi connectivity index (χ2v) is 6.99. The molecule has 1 saturated carbocycles. The first-order chi connectivity index (χ1) is 9.56. The molecule has 0 radical (unpaired) electrons. The van der Waals surface area contributed by atoms with E-state index >= 15 is 0 Å². The number of rotatable bonds is 6. The third-order valence-electron chi connectivity index (χ3n) is 5.33. The van der Waals surface area contributed by atoms with E-state index in [-0.39, 0.29) is 17.7 Å². The number of aliphatic hydroxyl groups is 1. The second-order valence-electron chi connectivity index (χ2n) is 6.99. The first-order valence-corrected chi connectivity index (χ1v) is 8.21. The van der Waals surface area contributed by atoms with Gasteiger partial charge in [0.05, 0.1) is 12.2 Å². The van der Waals surface area contributed by atoms with Gasteiger partial charge in [-0.1, -0.05) is 6.92 Å². The highest BCUT2D eigenvalue weighted by Crippen LogP contribution is 2.36. The van der Waals surface area contributed by atoms with Gasteiger partial charge in [0.2, 0.25) is 0 Å². The van der Waals surface area contributed by atoms with Crippen LogP contribution in [0.4, 0.5) is 0 Å². The summed E-state index contributed by atoms with van der Waals surface area (Å²) in [7, 11) is 1.83. The zero-order valence-electron chi connectivity index (χ0n) is 13.5. The summed E-state index contributed by atoms with van der Waals surface area (Å²) in [5.41, 5.74) is -0.0266. The fraction of sp³-hybridized carbons (Fsp3) is 1.00. The van der Waals surface area contributed by atoms with E-state index < -0.39 is 0 Å². The number of ether oxygens (including phenoxy) is 1. The number of piperidine rings is 1. The summed E-state index contributed by atoms with van der Waals surface area (Å²) in [6.45, 7) is 7.88. The van der Waals surface area contributed by atoms with Crippen LogP contribution in [0.2, 0.25) is 0 Å². The Morgan fingerprint density at radius 1 is 1.40 bits per heavy atom. The van der Waals surface area contributed by atoms with Gasteiger partial charge >= 0.3 is 0 Å². The van der Waals surface area contributed by atoms with E-state index in [0.29, 0.717) is 6.04 Å². The minimum absolute atomic E-state index is 0.0135. The quantitative estimate of drug-likeness (QED) is 0.780. The maximum absolute atomic E-state index is 9.80. The zero-order valence-corrected chi connectivity index (χ0v) is 13.5. The highest BCUT2D eigenvalue weighted by atomic mass is 16.5. The standard InChI is InChI=1S/C16H32N2O2/c1-4-9-17-16(13-19)8-6-14(11-16)18-10-5-7-15(2,12-18)20-3/h14,17,19H,4-13H2,1-3H3. The first-order valence-electron chi connectivity index (χ1n) is 8.21. The number of methoxy groups -OCH3 is 1. The molecule has 3 atom stereocenters. The molecule has 0 aromatic rings. The van der Waals surface area contributed by atoms with Crippen LogP contribution in [0, 0.1) is 0 Å². The van der Waals surface area contributed by atoms with E-state index in [2.05, 4.69) is 24.1 Å². The smallest absolute Gasteiger partial charge is 0.0777 e. The Bertz CT molecular complexity index is 313. The average molecular weight is 284 g/mol. The zero-order chi connectivity index (χ0) is 14.6. The van der Waals surface area contributed by atoms with E-state index in [9.17, 15) is 5.11 Å². The molecule has 2 N–H and O–H groups in total. The summed E-state index contributed by atoms with van der Waals surface area (Å²) in [5.74, 6) is 0. The third kappa shape index (κ3) is 3.53. The van der Waals surface area contributed by atoms with Crippen LogP contribution < -0.4 is 5.32 Å². The van der Waals surface area contributed by atoms with E-state index in [1.54, 1.807) is 0 Å². The van der Waals surface area contributed by atoms with Crippen molar-refractivity contribution in [3.8, 4) is 0 Å². The van der Waals surface area contributed by atoms with Gasteiger partial charge < -0.3 is 15.2 Å². The SMILES string of the molecule is CCCNC1(CO)CCC(N2CCCC(C)(OC)C2)C1. The van der Waals surface area contributed by atoms with Crippen molar-refractivity contribution in [2.24, 2.45) is 0 Å². The van der Waals surface area contributed by atoms with Gasteiger partial charge in [0.1, 0.15) is 0 Å². The van der Waals surface area contributed by atoms with Gasteiger partial charge in [0, 0.05) is 25.2 Å². The van der Waals surface area contributed by atoms with Crippen molar-refractivity contribution in [2.45, 2.75) is 69.6 Å². The molecule has 3 unspecified atom stereocenters.